The minimum absolute atomic E-state index is 0.123. The molecule has 1 heterocycles. The molecule has 0 bridgehead atoms. The number of likely N-dealkylation sites (tertiary alicyclic amines) is 1. The Bertz CT molecular complexity index is 667. The van der Waals surface area contributed by atoms with Gasteiger partial charge in [0.25, 0.3) is 0 Å². The highest BCUT2D eigenvalue weighted by molar-refractivity contribution is 5.26. The summed E-state index contributed by atoms with van der Waals surface area (Å²) in [5.74, 6) is 2.79. The SMILES string of the molecule is CCC(C)CC(CC)CN1CCC(C(c2cccc(F)c2)[C@H]2C=CC[C@@H]2OC)CC1. The highest BCUT2D eigenvalue weighted by Crippen LogP contribution is 2.43. The van der Waals surface area contributed by atoms with Crippen molar-refractivity contribution in [1.82, 2.24) is 4.90 Å². The Balaban J connectivity index is 1.67. The number of halogens is 1. The zero-order valence-electron chi connectivity index (χ0n) is 19.5. The quantitative estimate of drug-likeness (QED) is 0.395. The van der Waals surface area contributed by atoms with E-state index in [1.165, 1.54) is 51.7 Å². The number of hydrogen-bond donors (Lipinski definition) is 0. The first kappa shape index (κ1) is 23.5. The van der Waals surface area contributed by atoms with Gasteiger partial charge in [0.15, 0.2) is 0 Å². The van der Waals surface area contributed by atoms with Crippen LogP contribution in [0.15, 0.2) is 36.4 Å². The predicted octanol–water partition coefficient (Wildman–Crippen LogP) is 6.67. The summed E-state index contributed by atoms with van der Waals surface area (Å²) >= 11 is 0. The van der Waals surface area contributed by atoms with Crippen molar-refractivity contribution in [2.24, 2.45) is 23.7 Å². The molecule has 3 heteroatoms. The maximum Gasteiger partial charge on any atom is 0.123 e. The summed E-state index contributed by atoms with van der Waals surface area (Å²) in [5, 5.41) is 0. The number of piperidine rings is 1. The second-order valence-corrected chi connectivity index (χ2v) is 9.76. The maximum absolute atomic E-state index is 14.1. The largest absolute Gasteiger partial charge is 0.381 e. The van der Waals surface area contributed by atoms with E-state index in [1.807, 2.05) is 13.2 Å². The van der Waals surface area contributed by atoms with Crippen LogP contribution in [0.1, 0.15) is 70.8 Å². The van der Waals surface area contributed by atoms with Gasteiger partial charge in [0.1, 0.15) is 5.82 Å². The standard InChI is InChI=1S/C27H42FNO/c1-5-20(3)17-21(6-2)19-29-15-13-22(14-16-29)27(23-9-7-10-24(28)18-23)25-11-8-12-26(25)30-4/h7-11,18,20-22,25-27H,5-6,12-17,19H2,1-4H3/t20?,21?,25-,26-,27?/m0/s1. The van der Waals surface area contributed by atoms with Gasteiger partial charge in [-0.05, 0) is 80.1 Å². The van der Waals surface area contributed by atoms with Crippen molar-refractivity contribution in [2.75, 3.05) is 26.7 Å². The fourth-order valence-electron chi connectivity index (χ4n) is 5.74. The average Bonchev–Trinajstić information content (AvgIpc) is 3.23. The average molecular weight is 416 g/mol. The maximum atomic E-state index is 14.1. The molecule has 0 amide bonds. The van der Waals surface area contributed by atoms with Gasteiger partial charge in [-0.15, -0.1) is 0 Å². The van der Waals surface area contributed by atoms with Crippen molar-refractivity contribution in [1.29, 1.82) is 0 Å². The lowest BCUT2D eigenvalue weighted by atomic mass is 9.72. The molecule has 1 aromatic rings. The van der Waals surface area contributed by atoms with Gasteiger partial charge in [0, 0.05) is 19.6 Å². The number of hydrogen-bond acceptors (Lipinski definition) is 2. The van der Waals surface area contributed by atoms with E-state index in [0.29, 0.717) is 17.8 Å². The van der Waals surface area contributed by atoms with Crippen molar-refractivity contribution >= 4 is 0 Å². The van der Waals surface area contributed by atoms with E-state index >= 15 is 0 Å². The van der Waals surface area contributed by atoms with Crippen LogP contribution in [0, 0.1) is 29.5 Å². The van der Waals surface area contributed by atoms with Crippen LogP contribution < -0.4 is 0 Å². The molecule has 1 saturated heterocycles. The lowest BCUT2D eigenvalue weighted by Gasteiger charge is -2.40. The van der Waals surface area contributed by atoms with Crippen molar-refractivity contribution in [3.8, 4) is 0 Å². The topological polar surface area (TPSA) is 12.5 Å². The summed E-state index contributed by atoms with van der Waals surface area (Å²) in [4.78, 5) is 2.69. The molecule has 3 unspecified atom stereocenters. The van der Waals surface area contributed by atoms with Gasteiger partial charge in [-0.1, -0.05) is 57.9 Å². The third-order valence-corrected chi connectivity index (χ3v) is 7.77. The van der Waals surface area contributed by atoms with E-state index in [2.05, 4.69) is 43.9 Å². The van der Waals surface area contributed by atoms with Crippen LogP contribution in [0.4, 0.5) is 4.39 Å². The van der Waals surface area contributed by atoms with E-state index < -0.39 is 0 Å². The molecule has 2 nitrogen and oxygen atoms in total. The summed E-state index contributed by atoms with van der Waals surface area (Å²) in [6.45, 7) is 10.6. The molecule has 2 aliphatic rings. The van der Waals surface area contributed by atoms with Gasteiger partial charge in [-0.3, -0.25) is 0 Å². The van der Waals surface area contributed by atoms with E-state index in [0.717, 1.165) is 23.8 Å². The zero-order valence-corrected chi connectivity index (χ0v) is 19.5. The van der Waals surface area contributed by atoms with Crippen LogP contribution in [0.5, 0.6) is 0 Å². The second-order valence-electron chi connectivity index (χ2n) is 9.76. The Labute approximate surface area is 183 Å². The van der Waals surface area contributed by atoms with Gasteiger partial charge in [-0.25, -0.2) is 4.39 Å². The fraction of sp³-hybridized carbons (Fsp3) is 0.704. The lowest BCUT2D eigenvalue weighted by molar-refractivity contribution is 0.0497. The zero-order chi connectivity index (χ0) is 21.5. The monoisotopic (exact) mass is 415 g/mol. The number of rotatable bonds is 10. The first-order valence-corrected chi connectivity index (χ1v) is 12.2. The number of nitrogens with zero attached hydrogens (tertiary/aromatic N) is 1. The van der Waals surface area contributed by atoms with Crippen LogP contribution in [0.25, 0.3) is 0 Å². The van der Waals surface area contributed by atoms with Gasteiger partial charge in [0.05, 0.1) is 6.10 Å². The molecule has 0 aromatic heterocycles. The van der Waals surface area contributed by atoms with Gasteiger partial charge in [0.2, 0.25) is 0 Å². The molecule has 1 fully saturated rings. The minimum Gasteiger partial charge on any atom is -0.381 e. The molecule has 1 aliphatic heterocycles. The third kappa shape index (κ3) is 5.95. The molecular weight excluding hydrogens is 373 g/mol. The normalized spacial score (nSPS) is 26.0. The first-order valence-electron chi connectivity index (χ1n) is 12.2. The van der Waals surface area contributed by atoms with Crippen molar-refractivity contribution < 1.29 is 9.13 Å². The van der Waals surface area contributed by atoms with Gasteiger partial charge >= 0.3 is 0 Å². The summed E-state index contributed by atoms with van der Waals surface area (Å²) in [6.07, 6.45) is 12.1. The molecule has 0 saturated carbocycles. The Morgan fingerprint density at radius 3 is 2.57 bits per heavy atom. The Morgan fingerprint density at radius 2 is 1.93 bits per heavy atom. The van der Waals surface area contributed by atoms with Crippen molar-refractivity contribution in [2.45, 2.75) is 71.3 Å². The molecule has 30 heavy (non-hydrogen) atoms. The van der Waals surface area contributed by atoms with Gasteiger partial charge < -0.3 is 9.64 Å². The second kappa shape index (κ2) is 11.4. The third-order valence-electron chi connectivity index (χ3n) is 7.77. The van der Waals surface area contributed by atoms with Crippen LogP contribution in [0.3, 0.4) is 0 Å². The summed E-state index contributed by atoms with van der Waals surface area (Å²) in [5.41, 5.74) is 1.15. The summed E-state index contributed by atoms with van der Waals surface area (Å²) in [6, 6.07) is 7.31. The summed E-state index contributed by atoms with van der Waals surface area (Å²) in [7, 11) is 1.82. The highest BCUT2D eigenvalue weighted by atomic mass is 19.1. The predicted molar refractivity (Wildman–Crippen MR) is 124 cm³/mol. The van der Waals surface area contributed by atoms with E-state index in [1.54, 1.807) is 12.1 Å². The number of ether oxygens (including phenoxy) is 1. The van der Waals surface area contributed by atoms with Crippen LogP contribution in [-0.2, 0) is 4.74 Å². The lowest BCUT2D eigenvalue weighted by Crippen LogP contribution is -2.40. The summed E-state index contributed by atoms with van der Waals surface area (Å²) < 4.78 is 19.9. The molecule has 0 spiro atoms. The molecule has 168 valence electrons. The Hall–Kier alpha value is -1.19. The molecule has 1 aromatic carbocycles. The van der Waals surface area contributed by atoms with Gasteiger partial charge in [-0.2, -0.15) is 0 Å². The minimum atomic E-state index is -0.123. The molecule has 5 atom stereocenters. The van der Waals surface area contributed by atoms with Crippen LogP contribution in [0.2, 0.25) is 0 Å². The van der Waals surface area contributed by atoms with Crippen molar-refractivity contribution in [3.05, 3.63) is 47.8 Å². The molecule has 0 N–H and O–H groups in total. The van der Waals surface area contributed by atoms with Crippen LogP contribution in [-0.4, -0.2) is 37.7 Å². The molecule has 3 rings (SSSR count). The fourth-order valence-corrected chi connectivity index (χ4v) is 5.74. The van der Waals surface area contributed by atoms with E-state index in [9.17, 15) is 4.39 Å². The Morgan fingerprint density at radius 1 is 1.17 bits per heavy atom. The number of methoxy groups -OCH3 is 1. The Kier molecular flexibility index (Phi) is 8.95. The first-order chi connectivity index (χ1) is 14.5. The van der Waals surface area contributed by atoms with E-state index in [-0.39, 0.29) is 11.9 Å². The molecular formula is C27H42FNO. The van der Waals surface area contributed by atoms with Crippen LogP contribution >= 0.6 is 0 Å². The smallest absolute Gasteiger partial charge is 0.123 e. The van der Waals surface area contributed by atoms with E-state index in [4.69, 9.17) is 4.74 Å². The van der Waals surface area contributed by atoms with Crippen molar-refractivity contribution in [3.63, 3.8) is 0 Å². The molecule has 0 radical (unpaired) electrons. The number of benzene rings is 1. The highest BCUT2D eigenvalue weighted by Gasteiger charge is 2.38. The molecule has 1 aliphatic carbocycles.